The first kappa shape index (κ1) is 15.4. The summed E-state index contributed by atoms with van der Waals surface area (Å²) in [6, 6.07) is 7.84. The highest BCUT2D eigenvalue weighted by Crippen LogP contribution is 2.17. The lowest BCUT2D eigenvalue weighted by Gasteiger charge is -2.07. The maximum Gasteiger partial charge on any atom is 0.230 e. The lowest BCUT2D eigenvalue weighted by molar-refractivity contribution is -0.118. The van der Waals surface area contributed by atoms with E-state index in [4.69, 9.17) is 4.74 Å². The lowest BCUT2D eigenvalue weighted by atomic mass is 10.2. The Bertz CT molecular complexity index is 627. The number of nitrogens with zero attached hydrogens (tertiary/aromatic N) is 3. The first-order valence-corrected chi connectivity index (χ1v) is 7.50. The number of aryl methyl sites for hydroxylation is 1. The third-order valence-electron chi connectivity index (χ3n) is 2.89. The number of hydrogen-bond acceptors (Lipinski definition) is 5. The number of rotatable bonds is 6. The number of carbonyl (C=O) groups is 1. The Morgan fingerprint density at radius 2 is 2.24 bits per heavy atom. The van der Waals surface area contributed by atoms with E-state index in [1.807, 2.05) is 42.8 Å². The molecule has 0 radical (unpaired) electrons. The third kappa shape index (κ3) is 4.22. The molecule has 0 aliphatic heterocycles. The fraction of sp³-hybridized carbons (Fsp3) is 0.357. The van der Waals surface area contributed by atoms with Crippen molar-refractivity contribution in [2.24, 2.45) is 7.05 Å². The maximum absolute atomic E-state index is 11.2. The van der Waals surface area contributed by atoms with Crippen LogP contribution in [0.1, 0.15) is 11.4 Å². The molecule has 0 unspecified atom stereocenters. The van der Waals surface area contributed by atoms with Gasteiger partial charge < -0.3 is 14.6 Å². The molecule has 2 aromatic rings. The van der Waals surface area contributed by atoms with Gasteiger partial charge in [0.2, 0.25) is 5.91 Å². The van der Waals surface area contributed by atoms with Crippen LogP contribution in [0.2, 0.25) is 0 Å². The van der Waals surface area contributed by atoms with Gasteiger partial charge in [0.05, 0.1) is 5.75 Å². The van der Waals surface area contributed by atoms with Crippen molar-refractivity contribution in [3.63, 3.8) is 0 Å². The van der Waals surface area contributed by atoms with Crippen LogP contribution >= 0.6 is 11.8 Å². The van der Waals surface area contributed by atoms with Crippen LogP contribution in [0.25, 0.3) is 0 Å². The van der Waals surface area contributed by atoms with E-state index in [2.05, 4.69) is 15.5 Å². The molecule has 0 bridgehead atoms. The maximum atomic E-state index is 11.2. The number of aromatic nitrogens is 3. The summed E-state index contributed by atoms with van der Waals surface area (Å²) in [5.74, 6) is 1.80. The van der Waals surface area contributed by atoms with Crippen molar-refractivity contribution < 1.29 is 9.53 Å². The number of benzene rings is 1. The van der Waals surface area contributed by atoms with Crippen molar-refractivity contribution in [1.82, 2.24) is 20.1 Å². The van der Waals surface area contributed by atoms with Crippen molar-refractivity contribution in [3.05, 3.63) is 35.7 Å². The number of hydrogen-bond donors (Lipinski definition) is 1. The second-order valence-corrected chi connectivity index (χ2v) is 5.47. The Balaban J connectivity index is 1.95. The summed E-state index contributed by atoms with van der Waals surface area (Å²) >= 11 is 1.35. The Morgan fingerprint density at radius 3 is 2.95 bits per heavy atom. The quantitative estimate of drug-likeness (QED) is 0.820. The van der Waals surface area contributed by atoms with Gasteiger partial charge >= 0.3 is 0 Å². The van der Waals surface area contributed by atoms with Gasteiger partial charge in [-0.05, 0) is 24.6 Å². The van der Waals surface area contributed by atoms with Crippen LogP contribution in [-0.2, 0) is 18.4 Å². The number of nitrogens with one attached hydrogen (secondary N) is 1. The summed E-state index contributed by atoms with van der Waals surface area (Å²) in [4.78, 5) is 11.2. The van der Waals surface area contributed by atoms with E-state index < -0.39 is 0 Å². The minimum absolute atomic E-state index is 0.0411. The molecule has 0 spiro atoms. The van der Waals surface area contributed by atoms with Crippen molar-refractivity contribution in [3.8, 4) is 5.75 Å². The predicted molar refractivity (Wildman–Crippen MR) is 81.3 cm³/mol. The molecule has 1 amide bonds. The highest BCUT2D eigenvalue weighted by atomic mass is 32.2. The van der Waals surface area contributed by atoms with Gasteiger partial charge in [-0.2, -0.15) is 0 Å². The fourth-order valence-corrected chi connectivity index (χ4v) is 2.45. The van der Waals surface area contributed by atoms with E-state index in [-0.39, 0.29) is 5.91 Å². The zero-order valence-corrected chi connectivity index (χ0v) is 13.1. The molecule has 1 heterocycles. The molecule has 6 nitrogen and oxygen atoms in total. The standard InChI is InChI=1S/C14H18N4O2S/c1-10-5-4-6-11(7-10)20-8-12-16-17-14(18(12)3)21-9-13(19)15-2/h4-7H,8-9H2,1-3H3,(H,15,19). The summed E-state index contributed by atoms with van der Waals surface area (Å²) in [5, 5.41) is 11.4. The van der Waals surface area contributed by atoms with Crippen molar-refractivity contribution >= 4 is 17.7 Å². The summed E-state index contributed by atoms with van der Waals surface area (Å²) in [7, 11) is 3.47. The molecule has 0 aliphatic rings. The van der Waals surface area contributed by atoms with Crippen LogP contribution in [0.5, 0.6) is 5.75 Å². The SMILES string of the molecule is CNC(=O)CSc1nnc(COc2cccc(C)c2)n1C. The zero-order chi connectivity index (χ0) is 15.2. The molecule has 0 aliphatic carbocycles. The lowest BCUT2D eigenvalue weighted by Crippen LogP contribution is -2.20. The van der Waals surface area contributed by atoms with Crippen LogP contribution in [0.15, 0.2) is 29.4 Å². The van der Waals surface area contributed by atoms with Gasteiger partial charge in [0.1, 0.15) is 12.4 Å². The Morgan fingerprint density at radius 1 is 1.43 bits per heavy atom. The van der Waals surface area contributed by atoms with Gasteiger partial charge in [-0.1, -0.05) is 23.9 Å². The van der Waals surface area contributed by atoms with E-state index >= 15 is 0 Å². The average molecular weight is 306 g/mol. The van der Waals surface area contributed by atoms with Gasteiger partial charge in [0.25, 0.3) is 0 Å². The minimum Gasteiger partial charge on any atom is -0.486 e. The number of carbonyl (C=O) groups excluding carboxylic acids is 1. The van der Waals surface area contributed by atoms with E-state index in [0.29, 0.717) is 17.5 Å². The first-order chi connectivity index (χ1) is 10.1. The largest absolute Gasteiger partial charge is 0.486 e. The van der Waals surface area contributed by atoms with E-state index in [9.17, 15) is 4.79 Å². The van der Waals surface area contributed by atoms with Crippen LogP contribution < -0.4 is 10.1 Å². The molecule has 0 saturated carbocycles. The molecule has 0 atom stereocenters. The molecule has 1 aromatic heterocycles. The van der Waals surface area contributed by atoms with Crippen molar-refractivity contribution in [2.75, 3.05) is 12.8 Å². The van der Waals surface area contributed by atoms with Gasteiger partial charge in [-0.3, -0.25) is 4.79 Å². The minimum atomic E-state index is -0.0411. The first-order valence-electron chi connectivity index (χ1n) is 6.51. The number of thioether (sulfide) groups is 1. The fourth-order valence-electron chi connectivity index (χ4n) is 1.65. The third-order valence-corrected chi connectivity index (χ3v) is 3.91. The van der Waals surface area contributed by atoms with Crippen LogP contribution in [0, 0.1) is 6.92 Å². The molecule has 7 heteroatoms. The van der Waals surface area contributed by atoms with E-state index in [1.54, 1.807) is 7.05 Å². The molecule has 21 heavy (non-hydrogen) atoms. The number of amides is 1. The monoisotopic (exact) mass is 306 g/mol. The highest BCUT2D eigenvalue weighted by molar-refractivity contribution is 7.99. The molecule has 1 N–H and O–H groups in total. The smallest absolute Gasteiger partial charge is 0.230 e. The van der Waals surface area contributed by atoms with Gasteiger partial charge in [-0.25, -0.2) is 0 Å². The molecule has 112 valence electrons. The second-order valence-electron chi connectivity index (χ2n) is 4.52. The summed E-state index contributed by atoms with van der Waals surface area (Å²) in [5.41, 5.74) is 1.15. The van der Waals surface area contributed by atoms with Crippen LogP contribution in [0.3, 0.4) is 0 Å². The summed E-state index contributed by atoms with van der Waals surface area (Å²) in [6.07, 6.45) is 0. The summed E-state index contributed by atoms with van der Waals surface area (Å²) < 4.78 is 7.54. The highest BCUT2D eigenvalue weighted by Gasteiger charge is 2.11. The Labute approximate surface area is 127 Å². The molecule has 0 saturated heterocycles. The molecule has 1 aromatic carbocycles. The van der Waals surface area contributed by atoms with Gasteiger partial charge in [0, 0.05) is 14.1 Å². The van der Waals surface area contributed by atoms with Gasteiger partial charge in [0.15, 0.2) is 11.0 Å². The average Bonchev–Trinajstić information content (AvgIpc) is 2.83. The topological polar surface area (TPSA) is 69.0 Å². The van der Waals surface area contributed by atoms with Crippen molar-refractivity contribution in [2.45, 2.75) is 18.7 Å². The van der Waals surface area contributed by atoms with E-state index in [1.165, 1.54) is 11.8 Å². The second kappa shape index (κ2) is 7.12. The number of ether oxygens (including phenoxy) is 1. The van der Waals surface area contributed by atoms with Crippen LogP contribution in [0.4, 0.5) is 0 Å². The molecular formula is C14H18N4O2S. The zero-order valence-electron chi connectivity index (χ0n) is 12.3. The normalized spacial score (nSPS) is 10.4. The Kier molecular flexibility index (Phi) is 5.21. The van der Waals surface area contributed by atoms with E-state index in [0.717, 1.165) is 17.1 Å². The predicted octanol–water partition coefficient (Wildman–Crippen LogP) is 1.54. The molecular weight excluding hydrogens is 288 g/mol. The van der Waals surface area contributed by atoms with Crippen LogP contribution in [-0.4, -0.2) is 33.5 Å². The van der Waals surface area contributed by atoms with Gasteiger partial charge in [-0.15, -0.1) is 10.2 Å². The summed E-state index contributed by atoms with van der Waals surface area (Å²) in [6.45, 7) is 2.36. The Hall–Kier alpha value is -2.02. The van der Waals surface area contributed by atoms with Crippen molar-refractivity contribution in [1.29, 1.82) is 0 Å². The molecule has 0 fully saturated rings. The molecule has 2 rings (SSSR count).